The van der Waals surface area contributed by atoms with Gasteiger partial charge >= 0.3 is 5.97 Å². The molecule has 2 N–H and O–H groups in total. The standard InChI is InChI=1S/C22H32FNO6S/c1-16(18-9-10-19(23)21(12-18)30-13-17-7-8-17)14-31(28,29)11-5-3-2-4-6-20(22(26)27)24-15-25/h9-10,12,15-17,20H,2-8,11,13-14H2,1H3,(H,24,25)(H,26,27)/t16-,20?/m0/s1. The Morgan fingerprint density at radius 1 is 1.29 bits per heavy atom. The van der Waals surface area contributed by atoms with Gasteiger partial charge in [-0.1, -0.05) is 32.3 Å². The summed E-state index contributed by atoms with van der Waals surface area (Å²) in [6, 6.07) is 3.62. The largest absolute Gasteiger partial charge is 0.490 e. The molecular weight excluding hydrogens is 425 g/mol. The minimum Gasteiger partial charge on any atom is -0.490 e. The number of benzene rings is 1. The molecule has 0 aromatic heterocycles. The number of rotatable bonds is 16. The molecule has 31 heavy (non-hydrogen) atoms. The Bertz CT molecular complexity index is 840. The smallest absolute Gasteiger partial charge is 0.326 e. The summed E-state index contributed by atoms with van der Waals surface area (Å²) in [5.74, 6) is -1.09. The van der Waals surface area contributed by atoms with Crippen molar-refractivity contribution in [2.24, 2.45) is 5.92 Å². The molecule has 0 heterocycles. The summed E-state index contributed by atoms with van der Waals surface area (Å²) in [7, 11) is -3.28. The van der Waals surface area contributed by atoms with E-state index < -0.39 is 27.7 Å². The fourth-order valence-corrected chi connectivity index (χ4v) is 5.14. The Morgan fingerprint density at radius 2 is 2.00 bits per heavy atom. The number of amides is 1. The van der Waals surface area contributed by atoms with Gasteiger partial charge in [-0.2, -0.15) is 0 Å². The lowest BCUT2D eigenvalue weighted by molar-refractivity contribution is -0.140. The first-order valence-electron chi connectivity index (χ1n) is 10.8. The predicted molar refractivity (Wildman–Crippen MR) is 115 cm³/mol. The van der Waals surface area contributed by atoms with Gasteiger partial charge in [0.25, 0.3) is 0 Å². The van der Waals surface area contributed by atoms with E-state index in [2.05, 4.69) is 5.32 Å². The number of aliphatic carboxylic acids is 1. The highest BCUT2D eigenvalue weighted by Crippen LogP contribution is 2.31. The van der Waals surface area contributed by atoms with Crippen LogP contribution in [0.3, 0.4) is 0 Å². The maximum Gasteiger partial charge on any atom is 0.326 e. The van der Waals surface area contributed by atoms with Crippen LogP contribution in [-0.2, 0) is 19.4 Å². The molecule has 1 fully saturated rings. The predicted octanol–water partition coefficient (Wildman–Crippen LogP) is 3.28. The Labute approximate surface area is 183 Å². The van der Waals surface area contributed by atoms with Crippen LogP contribution in [0.5, 0.6) is 5.75 Å². The summed E-state index contributed by atoms with van der Waals surface area (Å²) in [6.45, 7) is 2.30. The third-order valence-electron chi connectivity index (χ3n) is 5.47. The fourth-order valence-electron chi connectivity index (χ4n) is 3.37. The lowest BCUT2D eigenvalue weighted by Crippen LogP contribution is -2.35. The van der Waals surface area contributed by atoms with Crippen molar-refractivity contribution in [1.82, 2.24) is 5.32 Å². The average Bonchev–Trinajstić information content (AvgIpc) is 3.53. The number of carbonyl (C=O) groups is 2. The van der Waals surface area contributed by atoms with E-state index in [0.29, 0.717) is 51.0 Å². The number of halogens is 1. The van der Waals surface area contributed by atoms with Gasteiger partial charge in [-0.15, -0.1) is 0 Å². The van der Waals surface area contributed by atoms with Crippen molar-refractivity contribution in [2.45, 2.75) is 63.8 Å². The molecule has 0 radical (unpaired) electrons. The number of carboxylic acids is 1. The molecule has 0 aliphatic heterocycles. The number of unbranched alkanes of at least 4 members (excludes halogenated alkanes) is 3. The van der Waals surface area contributed by atoms with Gasteiger partial charge in [0.15, 0.2) is 21.4 Å². The molecule has 1 aliphatic carbocycles. The van der Waals surface area contributed by atoms with E-state index in [1.807, 2.05) is 6.92 Å². The third-order valence-corrected chi connectivity index (χ3v) is 7.38. The second-order valence-corrected chi connectivity index (χ2v) is 10.6. The average molecular weight is 458 g/mol. The fraction of sp³-hybridized carbons (Fsp3) is 0.636. The molecule has 2 atom stereocenters. The van der Waals surface area contributed by atoms with Gasteiger partial charge in [-0.3, -0.25) is 4.79 Å². The van der Waals surface area contributed by atoms with Crippen LogP contribution in [-0.4, -0.2) is 50.1 Å². The number of hydrogen-bond acceptors (Lipinski definition) is 5. The van der Waals surface area contributed by atoms with Gasteiger partial charge in [-0.25, -0.2) is 17.6 Å². The van der Waals surface area contributed by atoms with Crippen LogP contribution >= 0.6 is 0 Å². The second kappa shape index (κ2) is 12.0. The van der Waals surface area contributed by atoms with E-state index in [1.54, 1.807) is 12.1 Å². The van der Waals surface area contributed by atoms with Crippen LogP contribution in [0, 0.1) is 11.7 Å². The lowest BCUT2D eigenvalue weighted by Gasteiger charge is -2.15. The van der Waals surface area contributed by atoms with Crippen LogP contribution < -0.4 is 10.1 Å². The molecule has 1 amide bonds. The van der Waals surface area contributed by atoms with E-state index in [1.165, 1.54) is 6.07 Å². The molecule has 9 heteroatoms. The Morgan fingerprint density at radius 3 is 2.65 bits per heavy atom. The molecule has 1 saturated carbocycles. The second-order valence-electron chi connectivity index (χ2n) is 8.34. The minimum absolute atomic E-state index is 0.0228. The Kier molecular flexibility index (Phi) is 9.74. The third kappa shape index (κ3) is 9.25. The molecule has 174 valence electrons. The van der Waals surface area contributed by atoms with Gasteiger partial charge < -0.3 is 15.2 Å². The topological polar surface area (TPSA) is 110 Å². The zero-order valence-electron chi connectivity index (χ0n) is 17.9. The van der Waals surface area contributed by atoms with Gasteiger partial charge in [0, 0.05) is 0 Å². The highest BCUT2D eigenvalue weighted by molar-refractivity contribution is 7.91. The first kappa shape index (κ1) is 25.1. The van der Waals surface area contributed by atoms with Crippen molar-refractivity contribution in [1.29, 1.82) is 0 Å². The molecule has 1 aromatic carbocycles. The summed E-state index contributed by atoms with van der Waals surface area (Å²) in [5.41, 5.74) is 0.734. The van der Waals surface area contributed by atoms with E-state index in [-0.39, 0.29) is 23.2 Å². The van der Waals surface area contributed by atoms with Crippen LogP contribution in [0.1, 0.15) is 63.4 Å². The summed E-state index contributed by atoms with van der Waals surface area (Å²) in [5, 5.41) is 11.2. The van der Waals surface area contributed by atoms with Crippen LogP contribution in [0.4, 0.5) is 4.39 Å². The van der Waals surface area contributed by atoms with Crippen LogP contribution in [0.2, 0.25) is 0 Å². The van der Waals surface area contributed by atoms with Crippen LogP contribution in [0.15, 0.2) is 18.2 Å². The zero-order chi connectivity index (χ0) is 22.9. The lowest BCUT2D eigenvalue weighted by atomic mass is 10.0. The molecule has 0 saturated heterocycles. The van der Waals surface area contributed by atoms with Crippen LogP contribution in [0.25, 0.3) is 0 Å². The molecule has 1 unspecified atom stereocenters. The number of hydrogen-bond donors (Lipinski definition) is 2. The monoisotopic (exact) mass is 457 g/mol. The van der Waals surface area contributed by atoms with Crippen molar-refractivity contribution < 1.29 is 32.2 Å². The molecule has 0 bridgehead atoms. The maximum absolute atomic E-state index is 14.0. The summed E-state index contributed by atoms with van der Waals surface area (Å²) in [4.78, 5) is 21.3. The van der Waals surface area contributed by atoms with Crippen molar-refractivity contribution in [3.8, 4) is 5.75 Å². The Hall–Kier alpha value is -2.16. The van der Waals surface area contributed by atoms with Gasteiger partial charge in [0.2, 0.25) is 6.41 Å². The molecule has 1 aromatic rings. The highest BCUT2D eigenvalue weighted by Gasteiger charge is 2.23. The molecule has 7 nitrogen and oxygen atoms in total. The number of sulfone groups is 1. The molecule has 2 rings (SSSR count). The van der Waals surface area contributed by atoms with Crippen molar-refractivity contribution in [2.75, 3.05) is 18.1 Å². The van der Waals surface area contributed by atoms with E-state index >= 15 is 0 Å². The molecule has 0 spiro atoms. The first-order valence-corrected chi connectivity index (χ1v) is 12.6. The zero-order valence-corrected chi connectivity index (χ0v) is 18.7. The number of carbonyl (C=O) groups excluding carboxylic acids is 1. The SMILES string of the molecule is C[C@@H](CS(=O)(=O)CCCCCCC(NC=O)C(=O)O)c1ccc(F)c(OCC2CC2)c1. The van der Waals surface area contributed by atoms with Crippen molar-refractivity contribution in [3.63, 3.8) is 0 Å². The van der Waals surface area contributed by atoms with Gasteiger partial charge in [0.05, 0.1) is 18.1 Å². The molecular formula is C22H32FNO6S. The Balaban J connectivity index is 1.74. The summed E-state index contributed by atoms with van der Waals surface area (Å²) >= 11 is 0. The first-order chi connectivity index (χ1) is 14.7. The molecule has 1 aliphatic rings. The number of ether oxygens (including phenoxy) is 1. The minimum atomic E-state index is -3.28. The highest BCUT2D eigenvalue weighted by atomic mass is 32.2. The number of carboxylic acid groups (broad SMARTS) is 1. The van der Waals surface area contributed by atoms with E-state index in [0.717, 1.165) is 18.4 Å². The van der Waals surface area contributed by atoms with Crippen molar-refractivity contribution in [3.05, 3.63) is 29.6 Å². The maximum atomic E-state index is 14.0. The van der Waals surface area contributed by atoms with E-state index in [9.17, 15) is 22.4 Å². The van der Waals surface area contributed by atoms with Gasteiger partial charge in [0.1, 0.15) is 6.04 Å². The van der Waals surface area contributed by atoms with Crippen molar-refractivity contribution >= 4 is 22.2 Å². The summed E-state index contributed by atoms with van der Waals surface area (Å²) < 4.78 is 44.4. The van der Waals surface area contributed by atoms with E-state index in [4.69, 9.17) is 9.84 Å². The summed E-state index contributed by atoms with van der Waals surface area (Å²) in [6.07, 6.45) is 5.33. The quantitative estimate of drug-likeness (QED) is 0.291. The van der Waals surface area contributed by atoms with Gasteiger partial charge in [-0.05, 0) is 55.2 Å². The normalized spacial score (nSPS) is 15.8. The number of nitrogens with one attached hydrogen (secondary N) is 1.